The van der Waals surface area contributed by atoms with Crippen LogP contribution in [0, 0.1) is 5.41 Å². The van der Waals surface area contributed by atoms with Gasteiger partial charge in [-0.2, -0.15) is 0 Å². The molecule has 152 valence electrons. The SMILES string of the molecule is CN=C(NCCOc1ccc(C(C)(C)C)cc1)N1CCC2(CCOC2)C1.I. The van der Waals surface area contributed by atoms with Crippen LogP contribution in [0.1, 0.15) is 39.2 Å². The molecule has 0 saturated carbocycles. The van der Waals surface area contributed by atoms with E-state index >= 15 is 0 Å². The Morgan fingerprint density at radius 1 is 1.26 bits per heavy atom. The van der Waals surface area contributed by atoms with Gasteiger partial charge < -0.3 is 19.7 Å². The lowest BCUT2D eigenvalue weighted by atomic mass is 9.87. The number of nitrogens with zero attached hydrogens (tertiary/aromatic N) is 2. The second-order valence-corrected chi connectivity index (χ2v) is 8.57. The summed E-state index contributed by atoms with van der Waals surface area (Å²) in [5.41, 5.74) is 1.84. The summed E-state index contributed by atoms with van der Waals surface area (Å²) < 4.78 is 11.5. The van der Waals surface area contributed by atoms with Crippen LogP contribution >= 0.6 is 24.0 Å². The third-order valence-electron chi connectivity index (χ3n) is 5.51. The summed E-state index contributed by atoms with van der Waals surface area (Å²) >= 11 is 0. The smallest absolute Gasteiger partial charge is 0.193 e. The molecule has 1 unspecified atom stereocenters. The number of hydrogen-bond donors (Lipinski definition) is 1. The van der Waals surface area contributed by atoms with E-state index in [2.05, 4.69) is 60.2 Å². The van der Waals surface area contributed by atoms with Crippen molar-refractivity contribution in [1.29, 1.82) is 0 Å². The molecular formula is C21H34IN3O2. The summed E-state index contributed by atoms with van der Waals surface area (Å²) in [7, 11) is 1.85. The van der Waals surface area contributed by atoms with E-state index in [0.717, 1.165) is 44.6 Å². The fourth-order valence-electron chi connectivity index (χ4n) is 3.80. The first-order chi connectivity index (χ1) is 12.4. The highest BCUT2D eigenvalue weighted by Crippen LogP contribution is 2.38. The number of rotatable bonds is 4. The van der Waals surface area contributed by atoms with E-state index in [1.165, 1.54) is 18.4 Å². The van der Waals surface area contributed by atoms with Gasteiger partial charge in [0.15, 0.2) is 5.96 Å². The lowest BCUT2D eigenvalue weighted by Crippen LogP contribution is -2.42. The summed E-state index contributed by atoms with van der Waals surface area (Å²) in [5.74, 6) is 1.89. The highest BCUT2D eigenvalue weighted by Gasteiger charge is 2.42. The van der Waals surface area contributed by atoms with Crippen LogP contribution in [0.25, 0.3) is 0 Å². The van der Waals surface area contributed by atoms with Gasteiger partial charge in [-0.05, 0) is 36.0 Å². The molecule has 2 fully saturated rings. The maximum absolute atomic E-state index is 5.87. The number of nitrogens with one attached hydrogen (secondary N) is 1. The molecule has 0 aliphatic carbocycles. The van der Waals surface area contributed by atoms with Gasteiger partial charge in [0.05, 0.1) is 13.2 Å². The van der Waals surface area contributed by atoms with E-state index in [4.69, 9.17) is 9.47 Å². The molecule has 2 heterocycles. The summed E-state index contributed by atoms with van der Waals surface area (Å²) in [6, 6.07) is 8.41. The molecule has 0 bridgehead atoms. The van der Waals surface area contributed by atoms with Crippen molar-refractivity contribution in [2.75, 3.05) is 46.5 Å². The van der Waals surface area contributed by atoms with Gasteiger partial charge in [0.25, 0.3) is 0 Å². The van der Waals surface area contributed by atoms with Gasteiger partial charge in [0.1, 0.15) is 12.4 Å². The van der Waals surface area contributed by atoms with Crippen molar-refractivity contribution in [3.05, 3.63) is 29.8 Å². The van der Waals surface area contributed by atoms with Gasteiger partial charge in [-0.3, -0.25) is 4.99 Å². The van der Waals surface area contributed by atoms with Crippen molar-refractivity contribution in [3.63, 3.8) is 0 Å². The molecule has 6 heteroatoms. The Morgan fingerprint density at radius 3 is 2.59 bits per heavy atom. The van der Waals surface area contributed by atoms with Gasteiger partial charge in [-0.25, -0.2) is 0 Å². The molecule has 1 spiro atoms. The first kappa shape index (κ1) is 22.3. The Balaban J connectivity index is 0.00000261. The number of likely N-dealkylation sites (tertiary alicyclic amines) is 1. The van der Waals surface area contributed by atoms with Crippen LogP contribution in [-0.4, -0.2) is 57.4 Å². The van der Waals surface area contributed by atoms with E-state index in [1.807, 2.05) is 7.05 Å². The summed E-state index contributed by atoms with van der Waals surface area (Å²) in [6.07, 6.45) is 2.37. The van der Waals surface area contributed by atoms with Crippen LogP contribution in [0.5, 0.6) is 5.75 Å². The molecule has 1 aromatic carbocycles. The van der Waals surface area contributed by atoms with Crippen molar-refractivity contribution >= 4 is 29.9 Å². The fourth-order valence-corrected chi connectivity index (χ4v) is 3.80. The molecule has 0 radical (unpaired) electrons. The quantitative estimate of drug-likeness (QED) is 0.305. The molecule has 0 aromatic heterocycles. The Morgan fingerprint density at radius 2 is 2.00 bits per heavy atom. The topological polar surface area (TPSA) is 46.1 Å². The predicted molar refractivity (Wildman–Crippen MR) is 121 cm³/mol. The van der Waals surface area contributed by atoms with Gasteiger partial charge >= 0.3 is 0 Å². The summed E-state index contributed by atoms with van der Waals surface area (Å²) in [6.45, 7) is 11.9. The molecule has 0 amide bonds. The van der Waals surface area contributed by atoms with Crippen molar-refractivity contribution in [3.8, 4) is 5.75 Å². The summed E-state index contributed by atoms with van der Waals surface area (Å²) in [4.78, 5) is 6.80. The highest BCUT2D eigenvalue weighted by molar-refractivity contribution is 14.0. The van der Waals surface area contributed by atoms with Crippen LogP contribution < -0.4 is 10.1 Å². The van der Waals surface area contributed by atoms with Crippen LogP contribution in [0.4, 0.5) is 0 Å². The third kappa shape index (κ3) is 5.73. The van der Waals surface area contributed by atoms with E-state index < -0.39 is 0 Å². The van der Waals surface area contributed by atoms with Crippen LogP contribution in [0.3, 0.4) is 0 Å². The number of ether oxygens (including phenoxy) is 2. The Hall–Kier alpha value is -1.02. The first-order valence-electron chi connectivity index (χ1n) is 9.69. The molecule has 1 N–H and O–H groups in total. The average molecular weight is 487 g/mol. The van der Waals surface area contributed by atoms with Crippen molar-refractivity contribution in [2.24, 2.45) is 10.4 Å². The molecule has 1 aromatic rings. The van der Waals surface area contributed by atoms with E-state index in [-0.39, 0.29) is 29.4 Å². The first-order valence-corrected chi connectivity index (χ1v) is 9.69. The number of hydrogen-bond acceptors (Lipinski definition) is 3. The second kappa shape index (κ2) is 9.45. The number of aliphatic imine (C=N–C) groups is 1. The molecular weight excluding hydrogens is 453 g/mol. The van der Waals surface area contributed by atoms with Crippen LogP contribution in [0.15, 0.2) is 29.3 Å². The predicted octanol–water partition coefficient (Wildman–Crippen LogP) is 3.67. The zero-order valence-corrected chi connectivity index (χ0v) is 19.4. The van der Waals surface area contributed by atoms with Crippen molar-refractivity contribution in [2.45, 2.75) is 39.0 Å². The molecule has 2 aliphatic heterocycles. The zero-order valence-electron chi connectivity index (χ0n) is 17.1. The van der Waals surface area contributed by atoms with Gasteiger partial charge in [-0.1, -0.05) is 32.9 Å². The lowest BCUT2D eigenvalue weighted by molar-refractivity contribution is 0.156. The van der Waals surface area contributed by atoms with Crippen LogP contribution in [0.2, 0.25) is 0 Å². The largest absolute Gasteiger partial charge is 0.492 e. The van der Waals surface area contributed by atoms with Crippen molar-refractivity contribution < 1.29 is 9.47 Å². The maximum atomic E-state index is 5.87. The minimum absolute atomic E-state index is 0. The molecule has 3 rings (SSSR count). The molecule has 1 atom stereocenters. The summed E-state index contributed by atoms with van der Waals surface area (Å²) in [5, 5.41) is 3.43. The van der Waals surface area contributed by atoms with Gasteiger partial charge in [-0.15, -0.1) is 24.0 Å². The lowest BCUT2D eigenvalue weighted by Gasteiger charge is -2.25. The monoisotopic (exact) mass is 487 g/mol. The normalized spacial score (nSPS) is 22.8. The Kier molecular flexibility index (Phi) is 7.80. The minimum Gasteiger partial charge on any atom is -0.492 e. The molecule has 27 heavy (non-hydrogen) atoms. The fraction of sp³-hybridized carbons (Fsp3) is 0.667. The molecule has 2 saturated heterocycles. The third-order valence-corrected chi connectivity index (χ3v) is 5.51. The van der Waals surface area contributed by atoms with Gasteiger partial charge in [0, 0.05) is 32.2 Å². The average Bonchev–Trinajstić information content (AvgIpc) is 3.25. The molecule has 2 aliphatic rings. The highest BCUT2D eigenvalue weighted by atomic mass is 127. The number of guanidine groups is 1. The van der Waals surface area contributed by atoms with E-state index in [9.17, 15) is 0 Å². The second-order valence-electron chi connectivity index (χ2n) is 8.57. The van der Waals surface area contributed by atoms with E-state index in [1.54, 1.807) is 0 Å². The Labute approximate surface area is 180 Å². The number of halogens is 1. The number of benzene rings is 1. The van der Waals surface area contributed by atoms with Crippen molar-refractivity contribution in [1.82, 2.24) is 10.2 Å². The maximum Gasteiger partial charge on any atom is 0.193 e. The van der Waals surface area contributed by atoms with E-state index in [0.29, 0.717) is 12.0 Å². The standard InChI is InChI=1S/C21H33N3O2.HI/c1-20(2,3)17-5-7-18(8-6-17)26-14-11-23-19(22-4)24-12-9-21(15-24)10-13-25-16-21;/h5-8H,9-16H2,1-4H3,(H,22,23);1H. The molecule has 5 nitrogen and oxygen atoms in total. The minimum atomic E-state index is 0. The van der Waals surface area contributed by atoms with Crippen LogP contribution in [-0.2, 0) is 10.2 Å². The Bertz CT molecular complexity index is 619. The zero-order chi connectivity index (χ0) is 18.6. The van der Waals surface area contributed by atoms with Gasteiger partial charge in [0.2, 0.25) is 0 Å².